The van der Waals surface area contributed by atoms with Crippen molar-refractivity contribution in [2.45, 2.75) is 89.8 Å². The lowest BCUT2D eigenvalue weighted by Gasteiger charge is -2.25. The summed E-state index contributed by atoms with van der Waals surface area (Å²) in [5.41, 5.74) is 1.11. The molecule has 3 aromatic rings. The quantitative estimate of drug-likeness (QED) is 0.138. The highest BCUT2D eigenvalue weighted by Gasteiger charge is 2.51. The molecule has 15 heteroatoms. The average Bonchev–Trinajstić information content (AvgIpc) is 3.62. The van der Waals surface area contributed by atoms with Crippen LogP contribution >= 0.6 is 0 Å². The van der Waals surface area contributed by atoms with Crippen molar-refractivity contribution < 1.29 is 33.4 Å². The van der Waals surface area contributed by atoms with E-state index in [-0.39, 0.29) is 36.4 Å². The van der Waals surface area contributed by atoms with E-state index in [0.29, 0.717) is 18.5 Å². The normalized spacial score (nSPS) is 18.9. The number of rotatable bonds is 15. The zero-order valence-electron chi connectivity index (χ0n) is 26.4. The maximum absolute atomic E-state index is 13.0. The number of para-hydroxylation sites is 1. The second-order valence-electron chi connectivity index (χ2n) is 10.8. The highest BCUT2D eigenvalue weighted by molar-refractivity contribution is 6.02. The molecule has 1 aromatic carbocycles. The van der Waals surface area contributed by atoms with Crippen LogP contribution in [0.25, 0.3) is 11.2 Å². The van der Waals surface area contributed by atoms with Gasteiger partial charge in [0.2, 0.25) is 0 Å². The molecular formula is C31H42N8O7. The van der Waals surface area contributed by atoms with Crippen LogP contribution in [-0.4, -0.2) is 75.4 Å². The van der Waals surface area contributed by atoms with Gasteiger partial charge in [-0.2, -0.15) is 0 Å². The van der Waals surface area contributed by atoms with Crippen molar-refractivity contribution in [3.05, 3.63) is 43.0 Å². The van der Waals surface area contributed by atoms with E-state index in [9.17, 15) is 19.2 Å². The van der Waals surface area contributed by atoms with Gasteiger partial charge in [-0.3, -0.25) is 19.5 Å². The molecule has 4 N–H and O–H groups in total. The third-order valence-corrected chi connectivity index (χ3v) is 7.38. The van der Waals surface area contributed by atoms with Crippen LogP contribution in [0.2, 0.25) is 0 Å². The number of aromatic nitrogens is 4. The Hall–Kier alpha value is -4.79. The maximum Gasteiger partial charge on any atom is 0.324 e. The first-order chi connectivity index (χ1) is 22.3. The number of esters is 2. The largest absolute Gasteiger partial charge is 0.455 e. The molecule has 0 aliphatic carbocycles. The zero-order valence-corrected chi connectivity index (χ0v) is 26.4. The molecular weight excluding hydrogens is 596 g/mol. The molecule has 4 rings (SSSR count). The van der Waals surface area contributed by atoms with Crippen LogP contribution in [0.4, 0.5) is 21.1 Å². The lowest BCUT2D eigenvalue weighted by Crippen LogP contribution is -2.45. The van der Waals surface area contributed by atoms with E-state index in [1.165, 1.54) is 19.7 Å². The van der Waals surface area contributed by atoms with Gasteiger partial charge in [-0.15, -0.1) is 0 Å². The third kappa shape index (κ3) is 9.12. The Morgan fingerprint density at radius 3 is 2.17 bits per heavy atom. The number of carbonyl (C=O) groups is 4. The first-order valence-corrected chi connectivity index (χ1v) is 15.6. The number of amides is 4. The summed E-state index contributed by atoms with van der Waals surface area (Å²) in [4.78, 5) is 63.7. The predicted molar refractivity (Wildman–Crippen MR) is 169 cm³/mol. The van der Waals surface area contributed by atoms with E-state index in [2.05, 4.69) is 36.2 Å². The summed E-state index contributed by atoms with van der Waals surface area (Å²) in [7, 11) is 1.48. The van der Waals surface area contributed by atoms with Crippen LogP contribution in [-0.2, 0) is 23.8 Å². The molecule has 0 unspecified atom stereocenters. The van der Waals surface area contributed by atoms with Crippen molar-refractivity contribution in [3.8, 4) is 0 Å². The van der Waals surface area contributed by atoms with Gasteiger partial charge in [0.15, 0.2) is 35.4 Å². The summed E-state index contributed by atoms with van der Waals surface area (Å²) < 4.78 is 19.8. The fourth-order valence-electron chi connectivity index (χ4n) is 5.03. The van der Waals surface area contributed by atoms with Crippen molar-refractivity contribution >= 4 is 46.7 Å². The van der Waals surface area contributed by atoms with Crippen LogP contribution < -0.4 is 21.3 Å². The van der Waals surface area contributed by atoms with Gasteiger partial charge in [0, 0.05) is 32.1 Å². The van der Waals surface area contributed by atoms with Crippen molar-refractivity contribution in [2.75, 3.05) is 24.2 Å². The number of hydrogen-bond donors (Lipinski definition) is 4. The Morgan fingerprint density at radius 2 is 1.52 bits per heavy atom. The molecule has 4 amide bonds. The van der Waals surface area contributed by atoms with Crippen molar-refractivity contribution in [3.63, 3.8) is 0 Å². The van der Waals surface area contributed by atoms with Crippen molar-refractivity contribution in [2.24, 2.45) is 0 Å². The number of hydrogen-bond acceptors (Lipinski definition) is 10. The zero-order chi connectivity index (χ0) is 32.9. The molecule has 0 bridgehead atoms. The lowest BCUT2D eigenvalue weighted by atomic mass is 10.1. The molecule has 1 saturated heterocycles. The molecule has 0 spiro atoms. The van der Waals surface area contributed by atoms with Crippen molar-refractivity contribution in [1.82, 2.24) is 30.2 Å². The number of carbonyl (C=O) groups excluding carboxylic acids is 4. The van der Waals surface area contributed by atoms with Gasteiger partial charge in [-0.25, -0.2) is 24.5 Å². The smallest absolute Gasteiger partial charge is 0.324 e. The number of nitrogens with one attached hydrogen (secondary N) is 4. The minimum absolute atomic E-state index is 0.0406. The van der Waals surface area contributed by atoms with Crippen molar-refractivity contribution in [1.29, 1.82) is 0 Å². The summed E-state index contributed by atoms with van der Waals surface area (Å²) in [6, 6.07) is 7.91. The highest BCUT2D eigenvalue weighted by Crippen LogP contribution is 2.36. The summed E-state index contributed by atoms with van der Waals surface area (Å²) >= 11 is 0. The minimum Gasteiger partial charge on any atom is -0.455 e. The second-order valence-corrected chi connectivity index (χ2v) is 10.8. The Labute approximate surface area is 267 Å². The fourth-order valence-corrected chi connectivity index (χ4v) is 5.03. The first kappa shape index (κ1) is 34.1. The van der Waals surface area contributed by atoms with Gasteiger partial charge in [-0.05, 0) is 25.0 Å². The van der Waals surface area contributed by atoms with Crippen LogP contribution in [0.1, 0.15) is 71.4 Å². The van der Waals surface area contributed by atoms with Gasteiger partial charge in [0.1, 0.15) is 12.4 Å². The molecule has 1 fully saturated rings. The SMILES string of the molecule is CCCCCC(=O)O[C@@H]1[C@H](OC(=O)CCCCC)[C@@H](CNC(=O)NC)O[C@H]1n1cnc2c(NC(=O)Nc3ccccc3)ncnc21. The molecule has 46 heavy (non-hydrogen) atoms. The molecule has 248 valence electrons. The van der Waals surface area contributed by atoms with E-state index in [1.54, 1.807) is 28.8 Å². The number of ether oxygens (including phenoxy) is 3. The standard InChI is InChI=1S/C31H42N8O7/c1-4-6-9-15-22(40)45-25-21(17-33-30(42)32-3)44-29(26(25)46-23(41)16-10-7-5-2)39-19-36-24-27(34-18-35-28(24)39)38-31(43)37-20-13-11-8-12-14-20/h8,11-14,18-19,21,25-26,29H,4-7,9-10,15-17H2,1-3H3,(H2,32,33,42)(H2,34,35,37,38,43)/t21-,25-,26-,29-/m1/s1. The molecule has 2 aromatic heterocycles. The molecule has 3 heterocycles. The van der Waals surface area contributed by atoms with E-state index in [1.807, 2.05) is 19.9 Å². The number of nitrogens with zero attached hydrogens (tertiary/aromatic N) is 4. The van der Waals surface area contributed by atoms with Crippen LogP contribution in [0.15, 0.2) is 43.0 Å². The minimum atomic E-state index is -1.09. The van der Waals surface area contributed by atoms with Crippen LogP contribution in [0, 0.1) is 0 Å². The lowest BCUT2D eigenvalue weighted by molar-refractivity contribution is -0.168. The van der Waals surface area contributed by atoms with E-state index in [4.69, 9.17) is 14.2 Å². The molecule has 0 saturated carbocycles. The number of unbranched alkanes of at least 4 members (excludes halogenated alkanes) is 4. The van der Waals surface area contributed by atoms with Gasteiger partial charge in [-0.1, -0.05) is 57.7 Å². The summed E-state index contributed by atoms with van der Waals surface area (Å²) in [5, 5.41) is 10.6. The predicted octanol–water partition coefficient (Wildman–Crippen LogP) is 4.28. The molecule has 1 aliphatic heterocycles. The van der Waals surface area contributed by atoms with Gasteiger partial charge in [0.25, 0.3) is 0 Å². The van der Waals surface area contributed by atoms with Gasteiger partial charge >= 0.3 is 24.0 Å². The molecule has 15 nitrogen and oxygen atoms in total. The maximum atomic E-state index is 13.0. The number of urea groups is 2. The number of anilines is 2. The Kier molecular flexibility index (Phi) is 12.6. The Morgan fingerprint density at radius 1 is 0.848 bits per heavy atom. The Bertz CT molecular complexity index is 1470. The molecule has 4 atom stereocenters. The first-order valence-electron chi connectivity index (χ1n) is 15.6. The molecule has 0 radical (unpaired) electrons. The molecule has 1 aliphatic rings. The Balaban J connectivity index is 1.64. The fraction of sp³-hybridized carbons (Fsp3) is 0.516. The second kappa shape index (κ2) is 17.1. The summed E-state index contributed by atoms with van der Waals surface area (Å²) in [6.07, 6.45) is 3.84. The van der Waals surface area contributed by atoms with E-state index >= 15 is 0 Å². The van der Waals surface area contributed by atoms with E-state index < -0.39 is 48.5 Å². The third-order valence-electron chi connectivity index (χ3n) is 7.38. The summed E-state index contributed by atoms with van der Waals surface area (Å²) in [6.45, 7) is 4.02. The highest BCUT2D eigenvalue weighted by atomic mass is 16.6. The average molecular weight is 639 g/mol. The van der Waals surface area contributed by atoms with Crippen LogP contribution in [0.3, 0.4) is 0 Å². The van der Waals surface area contributed by atoms with Gasteiger partial charge < -0.3 is 30.2 Å². The van der Waals surface area contributed by atoms with Crippen LogP contribution in [0.5, 0.6) is 0 Å². The monoisotopic (exact) mass is 638 g/mol. The number of benzene rings is 1. The summed E-state index contributed by atoms with van der Waals surface area (Å²) in [5.74, 6) is -0.800. The van der Waals surface area contributed by atoms with E-state index in [0.717, 1.165) is 25.7 Å². The topological polar surface area (TPSA) is 188 Å². The van der Waals surface area contributed by atoms with Gasteiger partial charge in [0.05, 0.1) is 6.33 Å². The number of imidazole rings is 1. The number of fused-ring (bicyclic) bond motifs is 1.